The van der Waals surface area contributed by atoms with E-state index in [1.54, 1.807) is 0 Å². The molecule has 2 aliphatic rings. The van der Waals surface area contributed by atoms with Crippen LogP contribution in [-0.4, -0.2) is 19.6 Å². The van der Waals surface area contributed by atoms with Gasteiger partial charge in [-0.1, -0.05) is 6.08 Å². The summed E-state index contributed by atoms with van der Waals surface area (Å²) in [5.74, 6) is 0. The van der Waals surface area contributed by atoms with Gasteiger partial charge in [-0.3, -0.25) is 0 Å². The summed E-state index contributed by atoms with van der Waals surface area (Å²) in [5, 5.41) is 6.60. The van der Waals surface area contributed by atoms with E-state index < -0.39 is 0 Å². The molecule has 1 unspecified atom stereocenters. The largest absolute Gasteiger partial charge is 0.390 e. The Kier molecular flexibility index (Phi) is 1.02. The van der Waals surface area contributed by atoms with Gasteiger partial charge in [-0.05, 0) is 19.2 Å². The minimum atomic E-state index is 0.486. The molecule has 0 aromatic rings. The van der Waals surface area contributed by atoms with Gasteiger partial charge in [0.05, 0.1) is 0 Å². The quantitative estimate of drug-likeness (QED) is 0.478. The summed E-state index contributed by atoms with van der Waals surface area (Å²) in [5.41, 5.74) is 0.486. The van der Waals surface area contributed by atoms with E-state index in [9.17, 15) is 0 Å². The molecule has 2 rings (SSSR count). The standard InChI is InChI=1S/C7H12N2/c1-3-8-5-7(1)2-4-9-6-7/h1,3,8-9H,2,4-6H2. The molecule has 1 atom stereocenters. The number of hydrogen-bond acceptors (Lipinski definition) is 2. The molecule has 0 amide bonds. The van der Waals surface area contributed by atoms with Crippen LogP contribution in [0.5, 0.6) is 0 Å². The Morgan fingerprint density at radius 2 is 2.33 bits per heavy atom. The zero-order valence-electron chi connectivity index (χ0n) is 5.48. The first-order valence-corrected chi connectivity index (χ1v) is 3.53. The van der Waals surface area contributed by atoms with Crippen LogP contribution in [0.2, 0.25) is 0 Å². The Morgan fingerprint density at radius 3 is 2.89 bits per heavy atom. The van der Waals surface area contributed by atoms with Crippen LogP contribution in [0.15, 0.2) is 12.3 Å². The molecule has 0 radical (unpaired) electrons. The maximum absolute atomic E-state index is 3.36. The molecule has 0 saturated carbocycles. The fourth-order valence-corrected chi connectivity index (χ4v) is 1.61. The summed E-state index contributed by atoms with van der Waals surface area (Å²) in [6.45, 7) is 3.49. The lowest BCUT2D eigenvalue weighted by Crippen LogP contribution is -2.26. The van der Waals surface area contributed by atoms with Crippen molar-refractivity contribution < 1.29 is 0 Å². The van der Waals surface area contributed by atoms with Crippen LogP contribution in [0, 0.1) is 5.41 Å². The van der Waals surface area contributed by atoms with Crippen molar-refractivity contribution >= 4 is 0 Å². The minimum Gasteiger partial charge on any atom is -0.390 e. The van der Waals surface area contributed by atoms with Crippen LogP contribution in [0.3, 0.4) is 0 Å². The fraction of sp³-hybridized carbons (Fsp3) is 0.714. The Balaban J connectivity index is 2.13. The van der Waals surface area contributed by atoms with E-state index in [1.807, 2.05) is 0 Å². The van der Waals surface area contributed by atoms with Gasteiger partial charge < -0.3 is 10.6 Å². The summed E-state index contributed by atoms with van der Waals surface area (Å²) in [6.07, 6.45) is 5.68. The lowest BCUT2D eigenvalue weighted by atomic mass is 9.89. The predicted octanol–water partition coefficient (Wildman–Crippen LogP) is 0.0830. The van der Waals surface area contributed by atoms with E-state index >= 15 is 0 Å². The van der Waals surface area contributed by atoms with Crippen LogP contribution in [0.1, 0.15) is 6.42 Å². The van der Waals surface area contributed by atoms with Gasteiger partial charge in [-0.15, -0.1) is 0 Å². The second kappa shape index (κ2) is 1.74. The van der Waals surface area contributed by atoms with Crippen molar-refractivity contribution in [3.63, 3.8) is 0 Å². The molecular formula is C7H12N2. The van der Waals surface area contributed by atoms with Crippen molar-refractivity contribution in [1.82, 2.24) is 10.6 Å². The lowest BCUT2D eigenvalue weighted by molar-refractivity contribution is 0.443. The third-order valence-electron chi connectivity index (χ3n) is 2.29. The molecule has 0 aromatic carbocycles. The second-order valence-electron chi connectivity index (χ2n) is 3.00. The smallest absolute Gasteiger partial charge is 0.0246 e. The minimum absolute atomic E-state index is 0.486. The van der Waals surface area contributed by atoms with Crippen LogP contribution >= 0.6 is 0 Å². The van der Waals surface area contributed by atoms with Gasteiger partial charge in [0.25, 0.3) is 0 Å². The van der Waals surface area contributed by atoms with E-state index in [4.69, 9.17) is 0 Å². The Hall–Kier alpha value is -0.500. The topological polar surface area (TPSA) is 24.1 Å². The maximum atomic E-state index is 3.36. The molecule has 1 fully saturated rings. The first-order chi connectivity index (χ1) is 4.41. The summed E-state index contributed by atoms with van der Waals surface area (Å²) >= 11 is 0. The van der Waals surface area contributed by atoms with E-state index in [0.29, 0.717) is 5.41 Å². The molecule has 2 N–H and O–H groups in total. The van der Waals surface area contributed by atoms with Crippen molar-refractivity contribution in [3.05, 3.63) is 12.3 Å². The molecule has 50 valence electrons. The third-order valence-corrected chi connectivity index (χ3v) is 2.29. The molecule has 1 spiro atoms. The predicted molar refractivity (Wildman–Crippen MR) is 37.1 cm³/mol. The van der Waals surface area contributed by atoms with E-state index in [1.165, 1.54) is 13.0 Å². The van der Waals surface area contributed by atoms with Gasteiger partial charge in [-0.25, -0.2) is 0 Å². The molecule has 0 aromatic heterocycles. The summed E-state index contributed by atoms with van der Waals surface area (Å²) in [7, 11) is 0. The van der Waals surface area contributed by atoms with Crippen LogP contribution < -0.4 is 10.6 Å². The summed E-state index contributed by atoms with van der Waals surface area (Å²) in [4.78, 5) is 0. The van der Waals surface area contributed by atoms with E-state index in [0.717, 1.165) is 13.1 Å². The Bertz CT molecular complexity index is 134. The SMILES string of the molecule is C1=CC2(CCNC2)CN1. The van der Waals surface area contributed by atoms with Crippen molar-refractivity contribution in [3.8, 4) is 0 Å². The van der Waals surface area contributed by atoms with Gasteiger partial charge in [-0.2, -0.15) is 0 Å². The normalized spacial score (nSPS) is 40.0. The Morgan fingerprint density at radius 1 is 1.33 bits per heavy atom. The highest BCUT2D eigenvalue weighted by Crippen LogP contribution is 2.28. The number of nitrogens with one attached hydrogen (secondary N) is 2. The average molecular weight is 124 g/mol. The first kappa shape index (κ1) is 5.30. The van der Waals surface area contributed by atoms with Crippen LogP contribution in [0.25, 0.3) is 0 Å². The molecule has 2 heterocycles. The number of rotatable bonds is 0. The van der Waals surface area contributed by atoms with Gasteiger partial charge in [0.2, 0.25) is 0 Å². The van der Waals surface area contributed by atoms with E-state index in [-0.39, 0.29) is 0 Å². The van der Waals surface area contributed by atoms with Gasteiger partial charge in [0, 0.05) is 18.5 Å². The molecule has 9 heavy (non-hydrogen) atoms. The van der Waals surface area contributed by atoms with Gasteiger partial charge in [0.1, 0.15) is 0 Å². The molecule has 2 nitrogen and oxygen atoms in total. The van der Waals surface area contributed by atoms with Crippen LogP contribution in [0.4, 0.5) is 0 Å². The highest BCUT2D eigenvalue weighted by molar-refractivity contribution is 5.10. The van der Waals surface area contributed by atoms with Gasteiger partial charge in [0.15, 0.2) is 0 Å². The van der Waals surface area contributed by atoms with Gasteiger partial charge >= 0.3 is 0 Å². The zero-order chi connectivity index (χ0) is 6.16. The van der Waals surface area contributed by atoms with Crippen LogP contribution in [-0.2, 0) is 0 Å². The molecule has 2 aliphatic heterocycles. The summed E-state index contributed by atoms with van der Waals surface area (Å²) < 4.78 is 0. The monoisotopic (exact) mass is 124 g/mol. The summed E-state index contributed by atoms with van der Waals surface area (Å²) in [6, 6.07) is 0. The molecule has 1 saturated heterocycles. The molecular weight excluding hydrogens is 112 g/mol. The highest BCUT2D eigenvalue weighted by atomic mass is 15.0. The first-order valence-electron chi connectivity index (χ1n) is 3.53. The lowest BCUT2D eigenvalue weighted by Gasteiger charge is -2.17. The van der Waals surface area contributed by atoms with Crippen molar-refractivity contribution in [2.45, 2.75) is 6.42 Å². The number of hydrogen-bond donors (Lipinski definition) is 2. The van der Waals surface area contributed by atoms with Crippen molar-refractivity contribution in [1.29, 1.82) is 0 Å². The Labute approximate surface area is 55.3 Å². The molecule has 0 bridgehead atoms. The zero-order valence-corrected chi connectivity index (χ0v) is 5.48. The third kappa shape index (κ3) is 0.741. The fourth-order valence-electron chi connectivity index (χ4n) is 1.61. The maximum Gasteiger partial charge on any atom is 0.0246 e. The second-order valence-corrected chi connectivity index (χ2v) is 3.00. The van der Waals surface area contributed by atoms with Crippen molar-refractivity contribution in [2.75, 3.05) is 19.6 Å². The average Bonchev–Trinajstić information content (AvgIpc) is 2.45. The van der Waals surface area contributed by atoms with E-state index in [2.05, 4.69) is 22.9 Å². The highest BCUT2D eigenvalue weighted by Gasteiger charge is 2.32. The molecule has 2 heteroatoms. The molecule has 0 aliphatic carbocycles. The van der Waals surface area contributed by atoms with Crippen molar-refractivity contribution in [2.24, 2.45) is 5.41 Å².